The van der Waals surface area contributed by atoms with E-state index in [4.69, 9.17) is 38.4 Å². The third-order valence-corrected chi connectivity index (χ3v) is 3.72. The van der Waals surface area contributed by atoms with Gasteiger partial charge in [0.15, 0.2) is 5.96 Å². The molecule has 0 aromatic heterocycles. The van der Waals surface area contributed by atoms with Crippen molar-refractivity contribution in [2.24, 2.45) is 10.7 Å². The van der Waals surface area contributed by atoms with Gasteiger partial charge in [-0.05, 0) is 37.3 Å². The van der Waals surface area contributed by atoms with E-state index in [1.165, 1.54) is 0 Å². The van der Waals surface area contributed by atoms with Crippen molar-refractivity contribution in [1.82, 2.24) is 0 Å². The van der Waals surface area contributed by atoms with Gasteiger partial charge in [-0.15, -0.1) is 0 Å². The maximum atomic E-state index is 6.07. The molecule has 2 aromatic rings. The number of anilines is 1. The van der Waals surface area contributed by atoms with Crippen LogP contribution < -0.4 is 20.5 Å². The summed E-state index contributed by atoms with van der Waals surface area (Å²) in [5.41, 5.74) is 6.60. The van der Waals surface area contributed by atoms with Crippen LogP contribution in [0.1, 0.15) is 6.92 Å². The van der Waals surface area contributed by atoms with Crippen LogP contribution >= 0.6 is 23.2 Å². The fraction of sp³-hybridized carbons (Fsp3) is 0.235. The lowest BCUT2D eigenvalue weighted by Gasteiger charge is -2.14. The van der Waals surface area contributed by atoms with Gasteiger partial charge >= 0.3 is 0 Å². The summed E-state index contributed by atoms with van der Waals surface area (Å²) in [6.45, 7) is 2.28. The number of nitrogens with one attached hydrogen (secondary N) is 1. The highest BCUT2D eigenvalue weighted by atomic mass is 35.5. The molecule has 2 rings (SSSR count). The van der Waals surface area contributed by atoms with Crippen LogP contribution in [0.4, 0.5) is 5.69 Å². The van der Waals surface area contributed by atoms with Gasteiger partial charge in [0.2, 0.25) is 0 Å². The van der Waals surface area contributed by atoms with Crippen LogP contribution in [0, 0.1) is 0 Å². The van der Waals surface area contributed by atoms with Gasteiger partial charge in [0.1, 0.15) is 17.6 Å². The molecule has 0 amide bonds. The molecule has 7 heteroatoms. The normalized spacial score (nSPS) is 12.6. The van der Waals surface area contributed by atoms with Crippen LogP contribution in [0.25, 0.3) is 0 Å². The van der Waals surface area contributed by atoms with Crippen molar-refractivity contribution in [3.63, 3.8) is 0 Å². The number of hydrogen-bond acceptors (Lipinski definition) is 3. The topological polar surface area (TPSA) is 68.9 Å². The van der Waals surface area contributed by atoms with Gasteiger partial charge in [-0.2, -0.15) is 0 Å². The molecule has 0 bridgehead atoms. The first-order chi connectivity index (χ1) is 11.5. The smallest absolute Gasteiger partial charge is 0.193 e. The Bertz CT molecular complexity index is 723. The summed E-state index contributed by atoms with van der Waals surface area (Å²) in [6, 6.07) is 12.6. The van der Waals surface area contributed by atoms with Crippen molar-refractivity contribution in [2.45, 2.75) is 13.0 Å². The highest BCUT2D eigenvalue weighted by Gasteiger charge is 2.07. The molecule has 128 valence electrons. The molecule has 24 heavy (non-hydrogen) atoms. The van der Waals surface area contributed by atoms with Crippen LogP contribution in [0.2, 0.25) is 10.0 Å². The van der Waals surface area contributed by atoms with Gasteiger partial charge in [-0.25, -0.2) is 4.99 Å². The molecule has 0 heterocycles. The minimum absolute atomic E-state index is 0.176. The van der Waals surface area contributed by atoms with Crippen molar-refractivity contribution < 1.29 is 9.47 Å². The van der Waals surface area contributed by atoms with Crippen molar-refractivity contribution >= 4 is 34.8 Å². The lowest BCUT2D eigenvalue weighted by molar-refractivity contribution is 0.230. The summed E-state index contributed by atoms with van der Waals surface area (Å²) >= 11 is 12.1. The van der Waals surface area contributed by atoms with Crippen molar-refractivity contribution in [1.29, 1.82) is 0 Å². The average Bonchev–Trinajstić information content (AvgIpc) is 2.55. The number of rotatable bonds is 6. The Kier molecular flexibility index (Phi) is 6.58. The first kappa shape index (κ1) is 18.2. The van der Waals surface area contributed by atoms with Crippen molar-refractivity contribution in [2.75, 3.05) is 19.0 Å². The second-order valence-electron chi connectivity index (χ2n) is 5.06. The van der Waals surface area contributed by atoms with E-state index < -0.39 is 0 Å². The van der Waals surface area contributed by atoms with E-state index >= 15 is 0 Å². The number of benzene rings is 2. The quantitative estimate of drug-likeness (QED) is 0.592. The van der Waals surface area contributed by atoms with E-state index in [2.05, 4.69) is 10.3 Å². The number of nitrogens with two attached hydrogens (primary N) is 1. The maximum Gasteiger partial charge on any atom is 0.193 e. The first-order valence-electron chi connectivity index (χ1n) is 7.31. The van der Waals surface area contributed by atoms with Crippen molar-refractivity contribution in [3.05, 3.63) is 52.5 Å². The van der Waals surface area contributed by atoms with Crippen LogP contribution in [-0.4, -0.2) is 25.7 Å². The molecule has 0 saturated carbocycles. The number of aliphatic imine (C=N–C) groups is 1. The van der Waals surface area contributed by atoms with Gasteiger partial charge in [0.25, 0.3) is 0 Å². The fourth-order valence-corrected chi connectivity index (χ4v) is 2.39. The number of guanidine groups is 1. The standard InChI is InChI=1S/C17H19Cl2N3O2/c1-11(24-16-6-4-3-5-13(16)18)10-21-17(20)22-12-7-8-15(23-2)14(19)9-12/h3-9,11H,10H2,1-2H3,(H3,20,21,22). The van der Waals surface area contributed by atoms with Gasteiger partial charge < -0.3 is 20.5 Å². The van der Waals surface area contributed by atoms with E-state index in [-0.39, 0.29) is 12.1 Å². The Morgan fingerprint density at radius 1 is 1.17 bits per heavy atom. The highest BCUT2D eigenvalue weighted by Crippen LogP contribution is 2.27. The summed E-state index contributed by atoms with van der Waals surface area (Å²) in [4.78, 5) is 4.26. The van der Waals surface area contributed by atoms with E-state index in [0.29, 0.717) is 28.1 Å². The average molecular weight is 368 g/mol. The molecule has 1 atom stereocenters. The SMILES string of the molecule is COc1ccc(NC(N)=NCC(C)Oc2ccccc2Cl)cc1Cl. The molecule has 0 saturated heterocycles. The lowest BCUT2D eigenvalue weighted by atomic mass is 10.3. The van der Waals surface area contributed by atoms with Gasteiger partial charge in [-0.3, -0.25) is 0 Å². The fourth-order valence-electron chi connectivity index (χ4n) is 1.95. The number of para-hydroxylation sites is 1. The molecule has 2 aromatic carbocycles. The minimum Gasteiger partial charge on any atom is -0.495 e. The molecule has 0 radical (unpaired) electrons. The Labute approximate surface area is 151 Å². The largest absolute Gasteiger partial charge is 0.495 e. The molecular weight excluding hydrogens is 349 g/mol. The summed E-state index contributed by atoms with van der Waals surface area (Å²) < 4.78 is 10.8. The highest BCUT2D eigenvalue weighted by molar-refractivity contribution is 6.32. The van der Waals surface area contributed by atoms with Crippen LogP contribution in [-0.2, 0) is 0 Å². The Balaban J connectivity index is 1.91. The van der Waals surface area contributed by atoms with E-state index in [1.54, 1.807) is 31.4 Å². The summed E-state index contributed by atoms with van der Waals surface area (Å²) in [7, 11) is 1.56. The molecule has 0 spiro atoms. The molecule has 0 aliphatic rings. The number of nitrogens with zero attached hydrogens (tertiary/aromatic N) is 1. The molecule has 1 unspecified atom stereocenters. The third kappa shape index (κ3) is 5.22. The molecule has 0 fully saturated rings. The van der Waals surface area contributed by atoms with Gasteiger partial charge in [0.05, 0.1) is 23.7 Å². The number of methoxy groups -OCH3 is 1. The monoisotopic (exact) mass is 367 g/mol. The first-order valence-corrected chi connectivity index (χ1v) is 8.07. The second-order valence-corrected chi connectivity index (χ2v) is 5.87. The number of hydrogen-bond donors (Lipinski definition) is 2. The summed E-state index contributed by atoms with van der Waals surface area (Å²) in [5, 5.41) is 4.02. The van der Waals surface area contributed by atoms with Crippen LogP contribution in [0.5, 0.6) is 11.5 Å². The van der Waals surface area contributed by atoms with Gasteiger partial charge in [0, 0.05) is 5.69 Å². The molecule has 3 N–H and O–H groups in total. The van der Waals surface area contributed by atoms with E-state index in [0.717, 1.165) is 5.69 Å². The molecular formula is C17H19Cl2N3O2. The summed E-state index contributed by atoms with van der Waals surface area (Å²) in [6.07, 6.45) is -0.176. The lowest BCUT2D eigenvalue weighted by Crippen LogP contribution is -2.25. The zero-order valence-corrected chi connectivity index (χ0v) is 14.9. The zero-order valence-electron chi connectivity index (χ0n) is 13.4. The Hall–Kier alpha value is -2.11. The van der Waals surface area contributed by atoms with E-state index in [1.807, 2.05) is 25.1 Å². The second kappa shape index (κ2) is 8.66. The van der Waals surface area contributed by atoms with E-state index in [9.17, 15) is 0 Å². The maximum absolute atomic E-state index is 6.07. The number of ether oxygens (including phenoxy) is 2. The predicted molar refractivity (Wildman–Crippen MR) is 99.7 cm³/mol. The minimum atomic E-state index is -0.176. The van der Waals surface area contributed by atoms with Gasteiger partial charge in [-0.1, -0.05) is 35.3 Å². The molecule has 0 aliphatic heterocycles. The molecule has 0 aliphatic carbocycles. The molecule has 5 nitrogen and oxygen atoms in total. The Morgan fingerprint density at radius 2 is 1.92 bits per heavy atom. The van der Waals surface area contributed by atoms with Crippen LogP contribution in [0.3, 0.4) is 0 Å². The van der Waals surface area contributed by atoms with Crippen LogP contribution in [0.15, 0.2) is 47.5 Å². The predicted octanol–water partition coefficient (Wildman–Crippen LogP) is 4.20. The Morgan fingerprint density at radius 3 is 2.58 bits per heavy atom. The number of halogens is 2. The third-order valence-electron chi connectivity index (χ3n) is 3.11. The summed E-state index contributed by atoms with van der Waals surface area (Å²) in [5.74, 6) is 1.49. The van der Waals surface area contributed by atoms with Crippen molar-refractivity contribution in [3.8, 4) is 11.5 Å². The zero-order chi connectivity index (χ0) is 17.5.